The maximum absolute atomic E-state index is 12.6. The first-order chi connectivity index (χ1) is 13.0. The van der Waals surface area contributed by atoms with E-state index in [1.165, 1.54) is 10.9 Å². The number of nitrogens with zero attached hydrogens (tertiary/aromatic N) is 4. The minimum atomic E-state index is -0.401. The summed E-state index contributed by atoms with van der Waals surface area (Å²) in [6.07, 6.45) is 3.11. The van der Waals surface area contributed by atoms with Gasteiger partial charge in [0.05, 0.1) is 22.6 Å². The number of hydrogen-bond acceptors (Lipinski definition) is 4. The molecule has 0 unspecified atom stereocenters. The van der Waals surface area contributed by atoms with Crippen molar-refractivity contribution in [3.8, 4) is 0 Å². The Kier molecular flexibility index (Phi) is 5.56. The summed E-state index contributed by atoms with van der Waals surface area (Å²) in [6, 6.07) is 9.05. The molecule has 3 aromatic rings. The first kappa shape index (κ1) is 18.7. The number of aromatic nitrogens is 4. The number of halogens is 1. The Balaban J connectivity index is 1.76. The molecule has 0 saturated carbocycles. The predicted octanol–water partition coefficient (Wildman–Crippen LogP) is 2.95. The van der Waals surface area contributed by atoms with Crippen LogP contribution in [0.5, 0.6) is 0 Å². The molecule has 3 rings (SSSR count). The molecule has 2 heterocycles. The second kappa shape index (κ2) is 8.05. The van der Waals surface area contributed by atoms with Gasteiger partial charge in [-0.1, -0.05) is 29.8 Å². The third-order valence-electron chi connectivity index (χ3n) is 3.94. The molecule has 1 aromatic carbocycles. The maximum atomic E-state index is 12.6. The molecule has 0 saturated heterocycles. The Morgan fingerprint density at radius 2 is 1.93 bits per heavy atom. The number of para-hydroxylation sites is 1. The van der Waals surface area contributed by atoms with E-state index in [1.54, 1.807) is 29.9 Å². The normalized spacial score (nSPS) is 10.6. The third kappa shape index (κ3) is 4.35. The highest BCUT2D eigenvalue weighted by Crippen LogP contribution is 2.17. The highest BCUT2D eigenvalue weighted by Gasteiger charge is 2.19. The minimum Gasteiger partial charge on any atom is -0.321 e. The van der Waals surface area contributed by atoms with Crippen molar-refractivity contribution in [2.75, 3.05) is 10.6 Å². The fourth-order valence-electron chi connectivity index (χ4n) is 2.46. The van der Waals surface area contributed by atoms with E-state index in [0.717, 1.165) is 0 Å². The summed E-state index contributed by atoms with van der Waals surface area (Å²) in [5.74, 6) is -0.732. The lowest BCUT2D eigenvalue weighted by Gasteiger charge is -2.07. The van der Waals surface area contributed by atoms with Gasteiger partial charge in [-0.15, -0.1) is 0 Å². The van der Waals surface area contributed by atoms with Crippen LogP contribution in [0.2, 0.25) is 5.02 Å². The molecule has 2 N–H and O–H groups in total. The van der Waals surface area contributed by atoms with E-state index in [9.17, 15) is 9.59 Å². The van der Waals surface area contributed by atoms with E-state index in [2.05, 4.69) is 20.8 Å². The Morgan fingerprint density at radius 3 is 2.56 bits per heavy atom. The van der Waals surface area contributed by atoms with Gasteiger partial charge in [-0.2, -0.15) is 10.2 Å². The van der Waals surface area contributed by atoms with Crippen LogP contribution in [0.25, 0.3) is 0 Å². The van der Waals surface area contributed by atoms with Crippen molar-refractivity contribution in [3.05, 3.63) is 59.1 Å². The summed E-state index contributed by atoms with van der Waals surface area (Å²) in [6.45, 7) is 4.22. The average Bonchev–Trinajstić information content (AvgIpc) is 3.21. The summed E-state index contributed by atoms with van der Waals surface area (Å²) >= 11 is 5.96. The minimum absolute atomic E-state index is 0.0183. The van der Waals surface area contributed by atoms with Crippen molar-refractivity contribution in [2.45, 2.75) is 26.9 Å². The number of rotatable bonds is 6. The van der Waals surface area contributed by atoms with E-state index < -0.39 is 5.91 Å². The zero-order valence-electron chi connectivity index (χ0n) is 14.9. The molecule has 2 aromatic heterocycles. The van der Waals surface area contributed by atoms with Gasteiger partial charge < -0.3 is 10.6 Å². The van der Waals surface area contributed by atoms with Gasteiger partial charge in [-0.05, 0) is 26.0 Å². The SMILES string of the molecule is CCn1cc(NC(=O)Cn2ncc(Cl)c2C)c(C(=O)Nc2ccccc2)n1. The number of anilines is 2. The van der Waals surface area contributed by atoms with Gasteiger partial charge >= 0.3 is 0 Å². The van der Waals surface area contributed by atoms with Gasteiger partial charge in [-0.3, -0.25) is 19.0 Å². The molecule has 8 nitrogen and oxygen atoms in total. The molecule has 0 aliphatic carbocycles. The molecule has 9 heteroatoms. The number of amides is 2. The van der Waals surface area contributed by atoms with Crippen LogP contribution in [0.1, 0.15) is 23.1 Å². The molecule has 0 radical (unpaired) electrons. The van der Waals surface area contributed by atoms with Crippen LogP contribution in [0.4, 0.5) is 11.4 Å². The zero-order valence-corrected chi connectivity index (χ0v) is 15.7. The summed E-state index contributed by atoms with van der Waals surface area (Å²) < 4.78 is 3.08. The maximum Gasteiger partial charge on any atom is 0.278 e. The van der Waals surface area contributed by atoms with Crippen LogP contribution in [-0.2, 0) is 17.9 Å². The van der Waals surface area contributed by atoms with Gasteiger partial charge in [0, 0.05) is 18.4 Å². The van der Waals surface area contributed by atoms with Gasteiger partial charge in [0.25, 0.3) is 5.91 Å². The Morgan fingerprint density at radius 1 is 1.19 bits per heavy atom. The van der Waals surface area contributed by atoms with Crippen molar-refractivity contribution < 1.29 is 9.59 Å². The van der Waals surface area contributed by atoms with Gasteiger partial charge in [-0.25, -0.2) is 0 Å². The molecule has 0 spiro atoms. The summed E-state index contributed by atoms with van der Waals surface area (Å²) in [5, 5.41) is 14.3. The van der Waals surface area contributed by atoms with Crippen molar-refractivity contribution in [1.82, 2.24) is 19.6 Å². The molecular weight excluding hydrogens is 368 g/mol. The van der Waals surface area contributed by atoms with E-state index in [-0.39, 0.29) is 18.1 Å². The van der Waals surface area contributed by atoms with Crippen LogP contribution < -0.4 is 10.6 Å². The molecule has 0 aliphatic rings. The highest BCUT2D eigenvalue weighted by atomic mass is 35.5. The molecule has 0 aliphatic heterocycles. The van der Waals surface area contributed by atoms with Crippen LogP contribution in [0.15, 0.2) is 42.7 Å². The molecule has 140 valence electrons. The zero-order chi connectivity index (χ0) is 19.4. The number of carbonyl (C=O) groups excluding carboxylic acids is 2. The summed E-state index contributed by atoms with van der Waals surface area (Å²) in [4.78, 5) is 25.0. The Bertz CT molecular complexity index is 964. The van der Waals surface area contributed by atoms with Crippen LogP contribution in [0.3, 0.4) is 0 Å². The van der Waals surface area contributed by atoms with E-state index >= 15 is 0 Å². The van der Waals surface area contributed by atoms with Crippen molar-refractivity contribution in [1.29, 1.82) is 0 Å². The lowest BCUT2D eigenvalue weighted by atomic mass is 10.3. The predicted molar refractivity (Wildman–Crippen MR) is 103 cm³/mol. The fraction of sp³-hybridized carbons (Fsp3) is 0.222. The summed E-state index contributed by atoms with van der Waals surface area (Å²) in [7, 11) is 0. The lowest BCUT2D eigenvalue weighted by molar-refractivity contribution is -0.116. The monoisotopic (exact) mass is 386 g/mol. The second-order valence-corrected chi connectivity index (χ2v) is 6.26. The van der Waals surface area contributed by atoms with E-state index in [0.29, 0.717) is 28.6 Å². The van der Waals surface area contributed by atoms with Gasteiger partial charge in [0.1, 0.15) is 6.54 Å². The van der Waals surface area contributed by atoms with Gasteiger partial charge in [0.15, 0.2) is 5.69 Å². The standard InChI is InChI=1S/C18H19ClN6O2/c1-3-24-10-15(22-16(26)11-25-12(2)14(19)9-20-25)17(23-24)18(27)21-13-7-5-4-6-8-13/h4-10H,3,11H2,1-2H3,(H,21,27)(H,22,26). The summed E-state index contributed by atoms with van der Waals surface area (Å²) in [5.41, 5.74) is 1.82. The van der Waals surface area contributed by atoms with Crippen molar-refractivity contribution in [3.63, 3.8) is 0 Å². The largest absolute Gasteiger partial charge is 0.321 e. The number of carbonyl (C=O) groups is 2. The van der Waals surface area contributed by atoms with Crippen LogP contribution >= 0.6 is 11.6 Å². The Labute approximate surface area is 161 Å². The number of hydrogen-bond donors (Lipinski definition) is 2. The number of aryl methyl sites for hydroxylation is 1. The van der Waals surface area contributed by atoms with Crippen molar-refractivity contribution >= 4 is 34.8 Å². The topological polar surface area (TPSA) is 93.8 Å². The van der Waals surface area contributed by atoms with Crippen molar-refractivity contribution in [2.24, 2.45) is 0 Å². The smallest absolute Gasteiger partial charge is 0.278 e. The first-order valence-electron chi connectivity index (χ1n) is 8.39. The number of nitrogens with one attached hydrogen (secondary N) is 2. The second-order valence-electron chi connectivity index (χ2n) is 5.85. The van der Waals surface area contributed by atoms with Crippen LogP contribution in [0, 0.1) is 6.92 Å². The fourth-order valence-corrected chi connectivity index (χ4v) is 2.60. The average molecular weight is 387 g/mol. The van der Waals surface area contributed by atoms with E-state index in [1.807, 2.05) is 25.1 Å². The lowest BCUT2D eigenvalue weighted by Crippen LogP contribution is -2.22. The first-order valence-corrected chi connectivity index (χ1v) is 8.77. The molecule has 27 heavy (non-hydrogen) atoms. The molecule has 0 atom stereocenters. The quantitative estimate of drug-likeness (QED) is 0.681. The molecular formula is C18H19ClN6O2. The molecule has 0 fully saturated rings. The van der Waals surface area contributed by atoms with Gasteiger partial charge in [0.2, 0.25) is 5.91 Å². The highest BCUT2D eigenvalue weighted by molar-refractivity contribution is 6.31. The van der Waals surface area contributed by atoms with Crippen LogP contribution in [-0.4, -0.2) is 31.4 Å². The Hall–Kier alpha value is -3.13. The van der Waals surface area contributed by atoms with E-state index in [4.69, 9.17) is 11.6 Å². The molecule has 0 bridgehead atoms. The molecule has 2 amide bonds. The number of benzene rings is 1. The third-order valence-corrected chi connectivity index (χ3v) is 4.31.